The van der Waals surface area contributed by atoms with E-state index >= 15 is 0 Å². The number of thioether (sulfide) groups is 1. The number of ketones is 2. The molecule has 2 N–H and O–H groups in total. The van der Waals surface area contributed by atoms with Crippen LogP contribution >= 0.6 is 23.4 Å². The lowest BCUT2D eigenvalue weighted by Crippen LogP contribution is -2.20. The van der Waals surface area contributed by atoms with Gasteiger partial charge in [0, 0.05) is 6.08 Å². The number of aromatic hydroxyl groups is 1. The number of carboxylic acid groups (broad SMARTS) is 1. The van der Waals surface area contributed by atoms with Crippen LogP contribution in [-0.4, -0.2) is 33.0 Å². The summed E-state index contributed by atoms with van der Waals surface area (Å²) in [6, 6.07) is 2.55. The summed E-state index contributed by atoms with van der Waals surface area (Å²) in [7, 11) is 0. The number of hydrogen-bond donors (Lipinski definition) is 2. The van der Waals surface area contributed by atoms with Crippen molar-refractivity contribution in [1.82, 2.24) is 0 Å². The van der Waals surface area contributed by atoms with Crippen LogP contribution in [0.4, 0.5) is 0 Å². The summed E-state index contributed by atoms with van der Waals surface area (Å²) < 4.78 is 0. The Balaban J connectivity index is 2.48. The van der Waals surface area contributed by atoms with Crippen molar-refractivity contribution in [3.8, 4) is 5.75 Å². The Morgan fingerprint density at radius 2 is 1.95 bits per heavy atom. The molecule has 1 aliphatic carbocycles. The monoisotopic (exact) mass is 312 g/mol. The van der Waals surface area contributed by atoms with Crippen LogP contribution in [0.15, 0.2) is 23.1 Å². The van der Waals surface area contributed by atoms with Gasteiger partial charge in [0.1, 0.15) is 11.0 Å². The van der Waals surface area contributed by atoms with Gasteiger partial charge >= 0.3 is 5.97 Å². The molecule has 0 aliphatic heterocycles. The Bertz CT molecular complexity index is 665. The number of phenolic OH excluding ortho intramolecular Hbond substituents is 1. The molecule has 0 fully saturated rings. The first-order chi connectivity index (χ1) is 9.32. The molecule has 2 rings (SSSR count). The van der Waals surface area contributed by atoms with E-state index in [0.717, 1.165) is 17.8 Å². The Labute approximate surface area is 123 Å². The Kier molecular flexibility index (Phi) is 3.87. The van der Waals surface area contributed by atoms with Gasteiger partial charge in [-0.25, -0.2) is 0 Å². The standard InChI is InChI=1S/C13H9ClO5S/c1-5(13(18)19)20-9-4-8(16)10-6(14)2-3-7(15)11(10)12(9)17/h2-5,15H,1H3,(H,18,19)/t5-/m0/s1. The van der Waals surface area contributed by atoms with E-state index in [4.69, 9.17) is 16.7 Å². The van der Waals surface area contributed by atoms with Gasteiger partial charge in [0.25, 0.3) is 0 Å². The van der Waals surface area contributed by atoms with Crippen molar-refractivity contribution >= 4 is 40.9 Å². The van der Waals surface area contributed by atoms with Crippen LogP contribution in [0, 0.1) is 0 Å². The van der Waals surface area contributed by atoms with Gasteiger partial charge in [-0.3, -0.25) is 14.4 Å². The highest BCUT2D eigenvalue weighted by Crippen LogP contribution is 2.37. The van der Waals surface area contributed by atoms with Gasteiger partial charge in [0.05, 0.1) is 21.1 Å². The van der Waals surface area contributed by atoms with Gasteiger partial charge in [-0.15, -0.1) is 11.8 Å². The predicted molar refractivity (Wildman–Crippen MR) is 74.5 cm³/mol. The Hall–Kier alpha value is -1.79. The number of aliphatic carboxylic acids is 1. The minimum Gasteiger partial charge on any atom is -0.507 e. The summed E-state index contributed by atoms with van der Waals surface area (Å²) in [5, 5.41) is 17.8. The molecule has 0 aromatic heterocycles. The predicted octanol–water partition coefficient (Wildman–Crippen LogP) is 2.51. The fourth-order valence-electron chi connectivity index (χ4n) is 1.75. The average molecular weight is 313 g/mol. The number of carboxylic acids is 1. The summed E-state index contributed by atoms with van der Waals surface area (Å²) in [6.07, 6.45) is 1.06. The van der Waals surface area contributed by atoms with E-state index in [1.807, 2.05) is 0 Å². The zero-order valence-corrected chi connectivity index (χ0v) is 11.8. The van der Waals surface area contributed by atoms with Gasteiger partial charge in [-0.05, 0) is 19.1 Å². The molecule has 0 saturated carbocycles. The molecule has 1 aromatic rings. The number of rotatable bonds is 3. The molecule has 1 aliphatic rings. The van der Waals surface area contributed by atoms with E-state index in [1.165, 1.54) is 19.1 Å². The molecular weight excluding hydrogens is 304 g/mol. The van der Waals surface area contributed by atoms with Crippen molar-refractivity contribution in [2.24, 2.45) is 0 Å². The molecule has 1 atom stereocenters. The Morgan fingerprint density at radius 3 is 2.55 bits per heavy atom. The zero-order chi connectivity index (χ0) is 15.0. The molecule has 0 bridgehead atoms. The highest BCUT2D eigenvalue weighted by Gasteiger charge is 2.32. The second-order valence-corrected chi connectivity index (χ2v) is 5.91. The molecule has 0 spiro atoms. The molecule has 20 heavy (non-hydrogen) atoms. The fourth-order valence-corrected chi connectivity index (χ4v) is 2.86. The van der Waals surface area contributed by atoms with Crippen molar-refractivity contribution in [3.63, 3.8) is 0 Å². The molecule has 1 aromatic carbocycles. The van der Waals surface area contributed by atoms with E-state index in [0.29, 0.717) is 0 Å². The van der Waals surface area contributed by atoms with Crippen molar-refractivity contribution < 1.29 is 24.6 Å². The van der Waals surface area contributed by atoms with E-state index in [2.05, 4.69) is 0 Å². The number of carbonyl (C=O) groups is 3. The van der Waals surface area contributed by atoms with Gasteiger partial charge in [-0.2, -0.15) is 0 Å². The third-order valence-electron chi connectivity index (χ3n) is 2.74. The molecule has 5 nitrogen and oxygen atoms in total. The lowest BCUT2D eigenvalue weighted by atomic mass is 9.94. The summed E-state index contributed by atoms with van der Waals surface area (Å²) in [6.45, 7) is 1.40. The molecule has 7 heteroatoms. The highest BCUT2D eigenvalue weighted by molar-refractivity contribution is 8.05. The van der Waals surface area contributed by atoms with Gasteiger partial charge < -0.3 is 10.2 Å². The van der Waals surface area contributed by atoms with Gasteiger partial charge in [0.15, 0.2) is 5.78 Å². The molecular formula is C13H9ClO5S. The maximum absolute atomic E-state index is 12.2. The number of allylic oxidation sites excluding steroid dienone is 2. The van der Waals surface area contributed by atoms with Crippen LogP contribution in [0.2, 0.25) is 5.02 Å². The first-order valence-electron chi connectivity index (χ1n) is 5.54. The first kappa shape index (κ1) is 14.6. The number of hydrogen-bond acceptors (Lipinski definition) is 5. The number of Topliss-reactive ketones (excluding diaryl/α,β-unsaturated/α-hetero) is 1. The maximum atomic E-state index is 12.2. The number of benzene rings is 1. The lowest BCUT2D eigenvalue weighted by Gasteiger charge is -2.17. The average Bonchev–Trinajstić information content (AvgIpc) is 2.37. The summed E-state index contributed by atoms with van der Waals surface area (Å²) in [4.78, 5) is 35.0. The second-order valence-electron chi connectivity index (χ2n) is 4.12. The van der Waals surface area contributed by atoms with Crippen LogP contribution in [0.5, 0.6) is 5.75 Å². The third kappa shape index (κ3) is 2.44. The second kappa shape index (κ2) is 5.30. The van der Waals surface area contributed by atoms with E-state index < -0.39 is 22.8 Å². The van der Waals surface area contributed by atoms with E-state index in [-0.39, 0.29) is 26.8 Å². The molecule has 0 radical (unpaired) electrons. The van der Waals surface area contributed by atoms with E-state index in [9.17, 15) is 19.5 Å². The molecule has 104 valence electrons. The third-order valence-corrected chi connectivity index (χ3v) is 4.17. The normalized spacial score (nSPS) is 15.6. The zero-order valence-electron chi connectivity index (χ0n) is 10.2. The summed E-state index contributed by atoms with van der Waals surface area (Å²) >= 11 is 6.62. The quantitative estimate of drug-likeness (QED) is 0.891. The van der Waals surface area contributed by atoms with Crippen LogP contribution in [0.25, 0.3) is 0 Å². The van der Waals surface area contributed by atoms with Crippen molar-refractivity contribution in [2.75, 3.05) is 0 Å². The highest BCUT2D eigenvalue weighted by atomic mass is 35.5. The van der Waals surface area contributed by atoms with E-state index in [1.54, 1.807) is 0 Å². The number of phenols is 1. The number of halogens is 1. The number of carbonyl (C=O) groups excluding carboxylic acids is 2. The smallest absolute Gasteiger partial charge is 0.316 e. The largest absolute Gasteiger partial charge is 0.507 e. The first-order valence-corrected chi connectivity index (χ1v) is 6.80. The van der Waals surface area contributed by atoms with Crippen molar-refractivity contribution in [3.05, 3.63) is 39.3 Å². The topological polar surface area (TPSA) is 91.7 Å². The van der Waals surface area contributed by atoms with Crippen LogP contribution in [-0.2, 0) is 4.79 Å². The maximum Gasteiger partial charge on any atom is 0.316 e. The van der Waals surface area contributed by atoms with Crippen LogP contribution in [0.1, 0.15) is 27.6 Å². The fraction of sp³-hybridized carbons (Fsp3) is 0.154. The molecule has 0 unspecified atom stereocenters. The lowest BCUT2D eigenvalue weighted by molar-refractivity contribution is -0.136. The van der Waals surface area contributed by atoms with Crippen molar-refractivity contribution in [1.29, 1.82) is 0 Å². The van der Waals surface area contributed by atoms with Gasteiger partial charge in [0.2, 0.25) is 5.78 Å². The minimum atomic E-state index is -1.10. The van der Waals surface area contributed by atoms with Gasteiger partial charge in [-0.1, -0.05) is 11.6 Å². The Morgan fingerprint density at radius 1 is 1.30 bits per heavy atom. The van der Waals surface area contributed by atoms with Crippen molar-refractivity contribution in [2.45, 2.75) is 12.2 Å². The summed E-state index contributed by atoms with van der Waals surface area (Å²) in [5.41, 5.74) is -0.228. The molecule has 0 amide bonds. The molecule has 0 saturated heterocycles. The van der Waals surface area contributed by atoms with Crippen LogP contribution in [0.3, 0.4) is 0 Å². The molecule has 0 heterocycles. The van der Waals surface area contributed by atoms with Crippen LogP contribution < -0.4 is 0 Å². The SMILES string of the molecule is C[C@H](SC1=CC(=O)c2c(Cl)ccc(O)c2C1=O)C(=O)O. The minimum absolute atomic E-state index is 0.0185. The number of fused-ring (bicyclic) bond motifs is 1. The summed E-state index contributed by atoms with van der Waals surface area (Å²) in [5.74, 6) is -2.58.